The lowest BCUT2D eigenvalue weighted by atomic mass is 10.2. The first-order chi connectivity index (χ1) is 15.3. The van der Waals surface area contributed by atoms with Crippen molar-refractivity contribution in [1.82, 2.24) is 9.55 Å². The highest BCUT2D eigenvalue weighted by molar-refractivity contribution is 7.33. The van der Waals surface area contributed by atoms with Crippen molar-refractivity contribution in [2.75, 3.05) is 17.2 Å². The zero-order valence-electron chi connectivity index (χ0n) is 18.3. The molecule has 0 aliphatic rings. The minimum atomic E-state index is -0.638. The molecular formula is C23H26N4O3S2. The normalized spacial score (nSPS) is 11.6. The Balaban J connectivity index is 1.82. The molecule has 0 atom stereocenters. The maximum absolute atomic E-state index is 13.6. The van der Waals surface area contributed by atoms with Gasteiger partial charge >= 0.3 is 5.69 Å². The number of unbranched alkanes of at least 4 members (excludes halogenated alkanes) is 1. The number of fused-ring (bicyclic) bond motifs is 3. The van der Waals surface area contributed by atoms with Crippen LogP contribution in [-0.4, -0.2) is 22.0 Å². The minimum Gasteiger partial charge on any atom is -0.383 e. The summed E-state index contributed by atoms with van der Waals surface area (Å²) in [5, 5.41) is 1.12. The lowest BCUT2D eigenvalue weighted by Crippen LogP contribution is -2.41. The van der Waals surface area contributed by atoms with E-state index in [0.717, 1.165) is 21.2 Å². The molecular weight excluding hydrogens is 444 g/mol. The monoisotopic (exact) mass is 470 g/mol. The number of nitrogens with one attached hydrogen (secondary N) is 1. The van der Waals surface area contributed by atoms with Crippen LogP contribution in [-0.2, 0) is 6.54 Å². The van der Waals surface area contributed by atoms with Gasteiger partial charge in [0.1, 0.15) is 5.82 Å². The smallest absolute Gasteiger partial charge is 0.330 e. The predicted molar refractivity (Wildman–Crippen MR) is 134 cm³/mol. The van der Waals surface area contributed by atoms with Crippen LogP contribution in [0.3, 0.4) is 0 Å². The Labute approximate surface area is 193 Å². The molecule has 0 radical (unpaired) electrons. The first-order valence-corrected chi connectivity index (χ1v) is 12.3. The summed E-state index contributed by atoms with van der Waals surface area (Å²) in [5.74, 6) is -0.102. The molecule has 0 bridgehead atoms. The molecule has 4 aromatic rings. The summed E-state index contributed by atoms with van der Waals surface area (Å²) in [5.41, 5.74) is 5.15. The number of hydrogen-bond acceptors (Lipinski definition) is 6. The number of nitrogens with zero attached hydrogens (tertiary/aromatic N) is 2. The fraction of sp³-hybridized carbons (Fsp3) is 0.348. The van der Waals surface area contributed by atoms with E-state index in [1.54, 1.807) is 11.3 Å². The highest BCUT2D eigenvalue weighted by atomic mass is 32.1. The van der Waals surface area contributed by atoms with Crippen LogP contribution in [0, 0.1) is 5.92 Å². The van der Waals surface area contributed by atoms with Crippen LogP contribution in [0.25, 0.3) is 19.5 Å². The Morgan fingerprint density at radius 1 is 1.19 bits per heavy atom. The number of anilines is 2. The highest BCUT2D eigenvalue weighted by Crippen LogP contribution is 2.40. The van der Waals surface area contributed by atoms with Gasteiger partial charge in [0, 0.05) is 27.9 Å². The van der Waals surface area contributed by atoms with Crippen LogP contribution in [0.15, 0.2) is 39.9 Å². The molecule has 4 rings (SSSR count). The number of amides is 1. The molecule has 0 unspecified atom stereocenters. The predicted octanol–water partition coefficient (Wildman–Crippen LogP) is 4.65. The van der Waals surface area contributed by atoms with Crippen LogP contribution >= 0.6 is 22.7 Å². The van der Waals surface area contributed by atoms with E-state index in [0.29, 0.717) is 24.4 Å². The quantitative estimate of drug-likeness (QED) is 0.410. The fourth-order valence-electron chi connectivity index (χ4n) is 3.75. The van der Waals surface area contributed by atoms with Crippen LogP contribution < -0.4 is 21.9 Å². The second kappa shape index (κ2) is 8.91. The second-order valence-corrected chi connectivity index (χ2v) is 10.3. The zero-order chi connectivity index (χ0) is 23.0. The molecule has 32 heavy (non-hydrogen) atoms. The van der Waals surface area contributed by atoms with E-state index < -0.39 is 11.2 Å². The van der Waals surface area contributed by atoms with Crippen molar-refractivity contribution in [2.24, 2.45) is 5.92 Å². The summed E-state index contributed by atoms with van der Waals surface area (Å²) in [4.78, 5) is 43.1. The third kappa shape index (κ3) is 3.98. The maximum Gasteiger partial charge on any atom is 0.330 e. The topological polar surface area (TPSA) is 101 Å². The van der Waals surface area contributed by atoms with Crippen molar-refractivity contribution in [3.63, 3.8) is 0 Å². The Kier molecular flexibility index (Phi) is 6.21. The molecule has 9 heteroatoms. The van der Waals surface area contributed by atoms with Gasteiger partial charge in [-0.3, -0.25) is 24.0 Å². The molecule has 1 aromatic carbocycles. The summed E-state index contributed by atoms with van der Waals surface area (Å²) >= 11 is 3.07. The average Bonchev–Trinajstić information content (AvgIpc) is 3.31. The first-order valence-electron chi connectivity index (χ1n) is 10.7. The zero-order valence-corrected chi connectivity index (χ0v) is 19.9. The molecule has 168 valence electrons. The number of carbonyl (C=O) groups excluding carboxylic acids is 1. The Hall–Kier alpha value is -2.91. The molecule has 1 amide bonds. The van der Waals surface area contributed by atoms with E-state index in [2.05, 4.69) is 17.1 Å². The molecule has 3 heterocycles. The molecule has 0 aliphatic heterocycles. The minimum absolute atomic E-state index is 0.0284. The Morgan fingerprint density at radius 3 is 2.66 bits per heavy atom. The largest absolute Gasteiger partial charge is 0.383 e. The van der Waals surface area contributed by atoms with Crippen LogP contribution in [0.4, 0.5) is 11.5 Å². The maximum atomic E-state index is 13.6. The molecule has 0 aliphatic carbocycles. The van der Waals surface area contributed by atoms with Gasteiger partial charge in [-0.25, -0.2) is 4.79 Å². The highest BCUT2D eigenvalue weighted by Gasteiger charge is 2.27. The first kappa shape index (κ1) is 22.3. The number of aromatic amines is 1. The molecule has 0 spiro atoms. The summed E-state index contributed by atoms with van der Waals surface area (Å²) in [6.07, 6.45) is 1.55. The number of H-pyrrole nitrogens is 1. The number of nitrogens with two attached hydrogens (primary N) is 1. The van der Waals surface area contributed by atoms with Crippen molar-refractivity contribution < 1.29 is 4.79 Å². The van der Waals surface area contributed by atoms with E-state index in [4.69, 9.17) is 5.73 Å². The van der Waals surface area contributed by atoms with E-state index in [9.17, 15) is 14.4 Å². The van der Waals surface area contributed by atoms with Crippen molar-refractivity contribution in [1.29, 1.82) is 0 Å². The third-order valence-corrected chi connectivity index (χ3v) is 7.68. The molecule has 0 saturated heterocycles. The standard InChI is InChI=1S/C23H26N4O3S2/c1-4-5-10-26(18-20(24)27(12-13(2)3)23(30)25-21(18)28)22(29)17-11-16-19(32-17)14-8-6-7-9-15(14)31-16/h6-9,11,13H,4-5,10,12,24H2,1-3H3,(H,25,28,30). The number of nitrogen functional groups attached to an aromatic ring is 1. The van der Waals surface area contributed by atoms with Gasteiger partial charge in [-0.05, 0) is 24.5 Å². The van der Waals surface area contributed by atoms with E-state index in [-0.39, 0.29) is 23.3 Å². The summed E-state index contributed by atoms with van der Waals surface area (Å²) in [7, 11) is 0. The summed E-state index contributed by atoms with van der Waals surface area (Å²) in [6, 6.07) is 10.0. The summed E-state index contributed by atoms with van der Waals surface area (Å²) < 4.78 is 4.63. The number of hydrogen-bond donors (Lipinski definition) is 2. The lowest BCUT2D eigenvalue weighted by molar-refractivity contribution is 0.0990. The molecule has 3 aromatic heterocycles. The van der Waals surface area contributed by atoms with E-state index in [1.165, 1.54) is 25.5 Å². The van der Waals surface area contributed by atoms with Gasteiger partial charge < -0.3 is 5.73 Å². The van der Waals surface area contributed by atoms with Gasteiger partial charge in [-0.2, -0.15) is 0 Å². The second-order valence-electron chi connectivity index (χ2n) is 8.21. The third-order valence-electron chi connectivity index (χ3n) is 5.27. The lowest BCUT2D eigenvalue weighted by Gasteiger charge is -2.24. The average molecular weight is 471 g/mol. The van der Waals surface area contributed by atoms with Crippen molar-refractivity contribution in [3.05, 3.63) is 56.0 Å². The van der Waals surface area contributed by atoms with Crippen molar-refractivity contribution >= 4 is 59.6 Å². The van der Waals surface area contributed by atoms with E-state index >= 15 is 0 Å². The molecule has 0 saturated carbocycles. The van der Waals surface area contributed by atoms with Crippen LogP contribution in [0.1, 0.15) is 43.3 Å². The molecule has 0 fully saturated rings. The van der Waals surface area contributed by atoms with E-state index in [1.807, 2.05) is 39.0 Å². The van der Waals surface area contributed by atoms with Crippen molar-refractivity contribution in [2.45, 2.75) is 40.2 Å². The SMILES string of the molecule is CCCCN(C(=O)c1cc2sc3ccccc3c2s1)c1c(N)n(CC(C)C)c(=O)[nH]c1=O. The number of aromatic nitrogens is 2. The number of thiophene rings is 2. The van der Waals surface area contributed by atoms with Crippen LogP contribution in [0.2, 0.25) is 0 Å². The Morgan fingerprint density at radius 2 is 1.94 bits per heavy atom. The van der Waals surface area contributed by atoms with Gasteiger partial charge in [0.05, 0.1) is 9.58 Å². The number of carbonyl (C=O) groups is 1. The molecule has 3 N–H and O–H groups in total. The van der Waals surface area contributed by atoms with Gasteiger partial charge in [0.25, 0.3) is 11.5 Å². The Bertz CT molecular complexity index is 1410. The number of rotatable bonds is 7. The van der Waals surface area contributed by atoms with Gasteiger partial charge in [0.15, 0.2) is 5.69 Å². The van der Waals surface area contributed by atoms with Gasteiger partial charge in [0.2, 0.25) is 0 Å². The van der Waals surface area contributed by atoms with Crippen LogP contribution in [0.5, 0.6) is 0 Å². The fourth-order valence-corrected chi connectivity index (χ4v) is 6.23. The molecule has 7 nitrogen and oxygen atoms in total. The van der Waals surface area contributed by atoms with Crippen molar-refractivity contribution in [3.8, 4) is 0 Å². The number of benzene rings is 1. The summed E-state index contributed by atoms with van der Waals surface area (Å²) in [6.45, 7) is 6.63. The van der Waals surface area contributed by atoms with Gasteiger partial charge in [-0.15, -0.1) is 22.7 Å². The van der Waals surface area contributed by atoms with Gasteiger partial charge in [-0.1, -0.05) is 45.4 Å².